The minimum Gasteiger partial charge on any atom is -0.387 e. The van der Waals surface area contributed by atoms with Crippen LogP contribution in [0.5, 0.6) is 0 Å². The van der Waals surface area contributed by atoms with Crippen molar-refractivity contribution in [3.05, 3.63) is 83.9 Å². The quantitative estimate of drug-likeness (QED) is 0.889. The molecule has 0 aliphatic heterocycles. The summed E-state index contributed by atoms with van der Waals surface area (Å²) in [7, 11) is 0. The molecule has 2 aromatic rings. The molecule has 0 aromatic heterocycles. The molecule has 0 radical (unpaired) electrons. The van der Waals surface area contributed by atoms with E-state index in [1.54, 1.807) is 6.08 Å². The average Bonchev–Trinajstić information content (AvgIpc) is 2.77. The lowest BCUT2D eigenvalue weighted by molar-refractivity contribution is -0.119. The van der Waals surface area contributed by atoms with Crippen LogP contribution in [0.3, 0.4) is 0 Å². The summed E-state index contributed by atoms with van der Waals surface area (Å²) < 4.78 is 0. The average molecular weight is 250 g/mol. The van der Waals surface area contributed by atoms with Crippen molar-refractivity contribution in [1.82, 2.24) is 0 Å². The molecule has 3 rings (SSSR count). The van der Waals surface area contributed by atoms with Crippen molar-refractivity contribution in [2.24, 2.45) is 0 Å². The Bertz CT molecular complexity index is 575. The fraction of sp³-hybridized carbons (Fsp3) is 0.118. The smallest absolute Gasteiger partial charge is 0.173 e. The molecule has 94 valence electrons. The Labute approximate surface area is 112 Å². The lowest BCUT2D eigenvalue weighted by atomic mass is 9.70. The summed E-state index contributed by atoms with van der Waals surface area (Å²) in [6.45, 7) is 0. The first-order valence-electron chi connectivity index (χ1n) is 6.28. The van der Waals surface area contributed by atoms with Crippen molar-refractivity contribution < 1.29 is 9.90 Å². The first-order chi connectivity index (χ1) is 9.26. The number of benzene rings is 2. The van der Waals surface area contributed by atoms with E-state index in [4.69, 9.17) is 0 Å². The second-order valence-electron chi connectivity index (χ2n) is 4.71. The highest BCUT2D eigenvalue weighted by molar-refractivity contribution is 6.05. The molecule has 0 saturated carbocycles. The Balaban J connectivity index is 2.26. The van der Waals surface area contributed by atoms with E-state index in [1.165, 1.54) is 6.08 Å². The predicted molar refractivity (Wildman–Crippen MR) is 73.8 cm³/mol. The number of carbonyl (C=O) groups is 1. The van der Waals surface area contributed by atoms with Crippen molar-refractivity contribution in [2.75, 3.05) is 0 Å². The Morgan fingerprint density at radius 2 is 1.32 bits per heavy atom. The van der Waals surface area contributed by atoms with Gasteiger partial charge < -0.3 is 5.11 Å². The summed E-state index contributed by atoms with van der Waals surface area (Å²) >= 11 is 0. The van der Waals surface area contributed by atoms with E-state index < -0.39 is 11.5 Å². The first kappa shape index (κ1) is 11.9. The molecule has 2 aromatic carbocycles. The zero-order chi connectivity index (χ0) is 13.3. The van der Waals surface area contributed by atoms with E-state index in [0.29, 0.717) is 0 Å². The fourth-order valence-corrected chi connectivity index (χ4v) is 2.79. The van der Waals surface area contributed by atoms with Crippen molar-refractivity contribution in [3.8, 4) is 0 Å². The Morgan fingerprint density at radius 1 is 0.842 bits per heavy atom. The van der Waals surface area contributed by atoms with Gasteiger partial charge >= 0.3 is 0 Å². The normalized spacial score (nSPS) is 20.7. The van der Waals surface area contributed by atoms with Gasteiger partial charge in [0, 0.05) is 0 Å². The third kappa shape index (κ3) is 1.65. The molecule has 1 unspecified atom stereocenters. The molecule has 1 N–H and O–H groups in total. The van der Waals surface area contributed by atoms with Crippen LogP contribution in [0.1, 0.15) is 11.1 Å². The van der Waals surface area contributed by atoms with Gasteiger partial charge in [0.2, 0.25) is 0 Å². The molecule has 2 nitrogen and oxygen atoms in total. The van der Waals surface area contributed by atoms with Gasteiger partial charge in [-0.25, -0.2) is 0 Å². The van der Waals surface area contributed by atoms with Crippen molar-refractivity contribution in [2.45, 2.75) is 11.5 Å². The zero-order valence-corrected chi connectivity index (χ0v) is 10.4. The van der Waals surface area contributed by atoms with E-state index >= 15 is 0 Å². The molecule has 0 amide bonds. The number of ketones is 1. The van der Waals surface area contributed by atoms with Gasteiger partial charge in [-0.1, -0.05) is 66.7 Å². The van der Waals surface area contributed by atoms with Crippen LogP contribution in [-0.2, 0) is 10.2 Å². The van der Waals surface area contributed by atoms with Crippen LogP contribution in [0.15, 0.2) is 72.8 Å². The number of carbonyl (C=O) groups excluding carboxylic acids is 1. The van der Waals surface area contributed by atoms with Crippen LogP contribution in [0.4, 0.5) is 0 Å². The highest BCUT2D eigenvalue weighted by Crippen LogP contribution is 2.40. The molecular formula is C17H14O2. The maximum atomic E-state index is 12.5. The van der Waals surface area contributed by atoms with Crippen LogP contribution < -0.4 is 0 Å². The largest absolute Gasteiger partial charge is 0.387 e. The third-order valence-corrected chi connectivity index (χ3v) is 3.72. The SMILES string of the molecule is O=C1C=CC(O)C1(c1ccccc1)c1ccccc1. The molecule has 1 atom stereocenters. The molecule has 1 aliphatic carbocycles. The van der Waals surface area contributed by atoms with Crippen LogP contribution in [0.2, 0.25) is 0 Å². The van der Waals surface area contributed by atoms with Crippen LogP contribution in [0, 0.1) is 0 Å². The number of aliphatic hydroxyl groups is 1. The number of hydrogen-bond donors (Lipinski definition) is 1. The van der Waals surface area contributed by atoms with E-state index in [1.807, 2.05) is 60.7 Å². The maximum Gasteiger partial charge on any atom is 0.173 e. The minimum absolute atomic E-state index is 0.0719. The summed E-state index contributed by atoms with van der Waals surface area (Å²) in [6, 6.07) is 18.9. The second kappa shape index (κ2) is 4.48. The van der Waals surface area contributed by atoms with E-state index in [0.717, 1.165) is 11.1 Å². The Morgan fingerprint density at radius 3 is 1.68 bits per heavy atom. The molecule has 0 bridgehead atoms. The van der Waals surface area contributed by atoms with Crippen LogP contribution >= 0.6 is 0 Å². The molecular weight excluding hydrogens is 236 g/mol. The molecule has 19 heavy (non-hydrogen) atoms. The first-order valence-corrected chi connectivity index (χ1v) is 6.28. The van der Waals surface area contributed by atoms with Gasteiger partial charge in [0.1, 0.15) is 5.41 Å². The zero-order valence-electron chi connectivity index (χ0n) is 10.4. The highest BCUT2D eigenvalue weighted by Gasteiger charge is 2.48. The highest BCUT2D eigenvalue weighted by atomic mass is 16.3. The van der Waals surface area contributed by atoms with Gasteiger partial charge in [-0.2, -0.15) is 0 Å². The standard InChI is InChI=1S/C17H14O2/c18-15-11-12-16(19)17(15,13-7-3-1-4-8-13)14-9-5-2-6-10-14/h1-12,15,18H. The topological polar surface area (TPSA) is 37.3 Å². The summed E-state index contributed by atoms with van der Waals surface area (Å²) in [4.78, 5) is 12.5. The summed E-state index contributed by atoms with van der Waals surface area (Å²) in [5, 5.41) is 10.4. The monoisotopic (exact) mass is 250 g/mol. The number of allylic oxidation sites excluding steroid dienone is 1. The summed E-state index contributed by atoms with van der Waals surface area (Å²) in [5.41, 5.74) is 0.648. The number of aliphatic hydroxyl groups excluding tert-OH is 1. The lowest BCUT2D eigenvalue weighted by Crippen LogP contribution is -2.42. The van der Waals surface area contributed by atoms with E-state index in [2.05, 4.69) is 0 Å². The minimum atomic E-state index is -0.998. The lowest BCUT2D eigenvalue weighted by Gasteiger charge is -2.32. The van der Waals surface area contributed by atoms with Crippen molar-refractivity contribution >= 4 is 5.78 Å². The number of rotatable bonds is 2. The number of hydrogen-bond acceptors (Lipinski definition) is 2. The van der Waals surface area contributed by atoms with E-state index in [-0.39, 0.29) is 5.78 Å². The molecule has 0 spiro atoms. The second-order valence-corrected chi connectivity index (χ2v) is 4.71. The van der Waals surface area contributed by atoms with Crippen LogP contribution in [0.25, 0.3) is 0 Å². The molecule has 0 heterocycles. The van der Waals surface area contributed by atoms with Crippen LogP contribution in [-0.4, -0.2) is 17.0 Å². The Kier molecular flexibility index (Phi) is 2.80. The predicted octanol–water partition coefficient (Wildman–Crippen LogP) is 2.47. The molecule has 2 heteroatoms. The van der Waals surface area contributed by atoms with Gasteiger partial charge in [-0.05, 0) is 17.2 Å². The van der Waals surface area contributed by atoms with Gasteiger partial charge in [-0.15, -0.1) is 0 Å². The fourth-order valence-electron chi connectivity index (χ4n) is 2.79. The maximum absolute atomic E-state index is 12.5. The van der Waals surface area contributed by atoms with Crippen molar-refractivity contribution in [3.63, 3.8) is 0 Å². The summed E-state index contributed by atoms with van der Waals surface area (Å²) in [6.07, 6.45) is 2.22. The Hall–Kier alpha value is -2.19. The van der Waals surface area contributed by atoms with Gasteiger partial charge in [0.25, 0.3) is 0 Å². The molecule has 0 saturated heterocycles. The van der Waals surface area contributed by atoms with Gasteiger partial charge in [0.05, 0.1) is 6.10 Å². The molecule has 1 aliphatic rings. The van der Waals surface area contributed by atoms with E-state index in [9.17, 15) is 9.90 Å². The van der Waals surface area contributed by atoms with Gasteiger partial charge in [-0.3, -0.25) is 4.79 Å². The summed E-state index contributed by atoms with van der Waals surface area (Å²) in [5.74, 6) is -0.0719. The van der Waals surface area contributed by atoms with Gasteiger partial charge in [0.15, 0.2) is 5.78 Å². The third-order valence-electron chi connectivity index (χ3n) is 3.72. The van der Waals surface area contributed by atoms with Crippen molar-refractivity contribution in [1.29, 1.82) is 0 Å². The molecule has 0 fully saturated rings.